The van der Waals surface area contributed by atoms with Crippen molar-refractivity contribution in [1.29, 1.82) is 0 Å². The third kappa shape index (κ3) is 5.65. The van der Waals surface area contributed by atoms with Crippen molar-refractivity contribution >= 4 is 5.96 Å². The van der Waals surface area contributed by atoms with E-state index in [-0.39, 0.29) is 0 Å². The highest BCUT2D eigenvalue weighted by molar-refractivity contribution is 5.79. The molecule has 0 bridgehead atoms. The molecule has 0 amide bonds. The fourth-order valence-corrected chi connectivity index (χ4v) is 2.13. The van der Waals surface area contributed by atoms with Crippen LogP contribution in [0, 0.1) is 13.8 Å². The van der Waals surface area contributed by atoms with E-state index in [0.29, 0.717) is 19.8 Å². The van der Waals surface area contributed by atoms with Crippen molar-refractivity contribution in [2.24, 2.45) is 4.99 Å². The Labute approximate surface area is 133 Å². The van der Waals surface area contributed by atoms with Crippen molar-refractivity contribution in [2.75, 3.05) is 40.5 Å². The molecule has 7 nitrogen and oxygen atoms in total. The number of nitrogens with one attached hydrogen (secondary N) is 2. The summed E-state index contributed by atoms with van der Waals surface area (Å²) in [7, 11) is 3.39. The van der Waals surface area contributed by atoms with Crippen LogP contribution in [0.3, 0.4) is 0 Å². The fraction of sp³-hybridized carbons (Fsp3) is 0.733. The molecular weight excluding hydrogens is 282 g/mol. The smallest absolute Gasteiger partial charge is 0.191 e. The average Bonchev–Trinajstić information content (AvgIpc) is 2.77. The van der Waals surface area contributed by atoms with Crippen LogP contribution in [0.15, 0.2) is 4.99 Å². The summed E-state index contributed by atoms with van der Waals surface area (Å²) in [6.07, 6.45) is 0. The molecule has 0 saturated heterocycles. The fourth-order valence-electron chi connectivity index (χ4n) is 2.13. The zero-order chi connectivity index (χ0) is 16.4. The molecular formula is C15H29N5O2. The normalized spacial score (nSPS) is 11.8. The minimum absolute atomic E-state index is 0.604. The number of aliphatic imine (C=N–C) groups is 1. The van der Waals surface area contributed by atoms with E-state index in [4.69, 9.17) is 9.47 Å². The number of aryl methyl sites for hydroxylation is 1. The Kier molecular flexibility index (Phi) is 8.54. The van der Waals surface area contributed by atoms with Gasteiger partial charge in [0, 0.05) is 38.6 Å². The first-order chi connectivity index (χ1) is 10.6. The van der Waals surface area contributed by atoms with E-state index < -0.39 is 0 Å². The highest BCUT2D eigenvalue weighted by Gasteiger charge is 2.11. The van der Waals surface area contributed by atoms with E-state index in [0.717, 1.165) is 37.0 Å². The molecule has 0 unspecified atom stereocenters. The predicted octanol–water partition coefficient (Wildman–Crippen LogP) is 0.848. The van der Waals surface area contributed by atoms with Crippen molar-refractivity contribution in [1.82, 2.24) is 20.4 Å². The predicted molar refractivity (Wildman–Crippen MR) is 88.3 cm³/mol. The summed E-state index contributed by atoms with van der Waals surface area (Å²) in [5.41, 5.74) is 3.33. The number of hydrogen-bond donors (Lipinski definition) is 2. The van der Waals surface area contributed by atoms with Gasteiger partial charge in [0.05, 0.1) is 32.0 Å². The minimum atomic E-state index is 0.604. The first-order valence-corrected chi connectivity index (χ1v) is 7.66. The largest absolute Gasteiger partial charge is 0.383 e. The Bertz CT molecular complexity index is 471. The molecule has 1 aromatic rings. The first kappa shape index (κ1) is 18.4. The molecule has 2 N–H and O–H groups in total. The molecule has 0 fully saturated rings. The molecule has 1 rings (SSSR count). The molecule has 22 heavy (non-hydrogen) atoms. The lowest BCUT2D eigenvalue weighted by Gasteiger charge is -2.11. The molecule has 0 radical (unpaired) electrons. The van der Waals surface area contributed by atoms with Gasteiger partial charge in [-0.3, -0.25) is 4.68 Å². The van der Waals surface area contributed by atoms with Crippen LogP contribution >= 0.6 is 0 Å². The lowest BCUT2D eigenvalue weighted by Crippen LogP contribution is -2.38. The lowest BCUT2D eigenvalue weighted by atomic mass is 10.2. The quantitative estimate of drug-likeness (QED) is 0.402. The van der Waals surface area contributed by atoms with E-state index in [1.165, 1.54) is 5.56 Å². The molecule has 7 heteroatoms. The maximum absolute atomic E-state index is 5.11. The molecule has 0 saturated carbocycles. The van der Waals surface area contributed by atoms with Crippen molar-refractivity contribution < 1.29 is 9.47 Å². The van der Waals surface area contributed by atoms with Crippen LogP contribution in [0.5, 0.6) is 0 Å². The summed E-state index contributed by atoms with van der Waals surface area (Å²) in [4.78, 5) is 4.63. The number of aromatic nitrogens is 2. The number of rotatable bonds is 9. The van der Waals surface area contributed by atoms with Crippen LogP contribution in [-0.4, -0.2) is 56.3 Å². The zero-order valence-corrected chi connectivity index (χ0v) is 14.4. The molecule has 0 aliphatic rings. The van der Waals surface area contributed by atoms with Crippen molar-refractivity contribution in [2.45, 2.75) is 33.9 Å². The Balaban J connectivity index is 2.73. The van der Waals surface area contributed by atoms with Crippen LogP contribution in [-0.2, 0) is 22.6 Å². The average molecular weight is 311 g/mol. The summed E-state index contributed by atoms with van der Waals surface area (Å²) < 4.78 is 12.1. The standard InChI is InChI=1S/C15H29N5O2/c1-6-16-15(17-7-9-21-4)18-11-14-12(2)19-20(13(14)3)8-10-22-5/h6-11H2,1-5H3,(H2,16,17,18). The number of ether oxygens (including phenoxy) is 2. The summed E-state index contributed by atoms with van der Waals surface area (Å²) >= 11 is 0. The second-order valence-electron chi connectivity index (χ2n) is 4.98. The van der Waals surface area contributed by atoms with Gasteiger partial charge in [-0.25, -0.2) is 4.99 Å². The molecule has 126 valence electrons. The molecule has 0 spiro atoms. The van der Waals surface area contributed by atoms with Crippen LogP contribution in [0.1, 0.15) is 23.9 Å². The maximum Gasteiger partial charge on any atom is 0.191 e. The van der Waals surface area contributed by atoms with Gasteiger partial charge >= 0.3 is 0 Å². The minimum Gasteiger partial charge on any atom is -0.383 e. The summed E-state index contributed by atoms with van der Waals surface area (Å²) in [5, 5.41) is 11.0. The van der Waals surface area contributed by atoms with E-state index in [9.17, 15) is 0 Å². The molecule has 0 aromatic carbocycles. The van der Waals surface area contributed by atoms with Gasteiger partial charge in [-0.05, 0) is 20.8 Å². The van der Waals surface area contributed by atoms with Gasteiger partial charge in [-0.15, -0.1) is 0 Å². The van der Waals surface area contributed by atoms with Crippen molar-refractivity contribution in [3.63, 3.8) is 0 Å². The Morgan fingerprint density at radius 3 is 2.55 bits per heavy atom. The molecule has 0 aliphatic heterocycles. The van der Waals surface area contributed by atoms with Crippen LogP contribution in [0.4, 0.5) is 0 Å². The summed E-state index contributed by atoms with van der Waals surface area (Å²) in [6, 6.07) is 0. The third-order valence-corrected chi connectivity index (χ3v) is 3.38. The highest BCUT2D eigenvalue weighted by Crippen LogP contribution is 2.14. The van der Waals surface area contributed by atoms with Crippen LogP contribution in [0.25, 0.3) is 0 Å². The van der Waals surface area contributed by atoms with E-state index in [2.05, 4.69) is 27.6 Å². The molecule has 1 aromatic heterocycles. The van der Waals surface area contributed by atoms with Gasteiger partial charge in [-0.1, -0.05) is 0 Å². The number of nitrogens with zero attached hydrogens (tertiary/aromatic N) is 3. The monoisotopic (exact) mass is 311 g/mol. The molecule has 0 atom stereocenters. The zero-order valence-electron chi connectivity index (χ0n) is 14.4. The second kappa shape index (κ2) is 10.2. The van der Waals surface area contributed by atoms with Crippen molar-refractivity contribution in [3.8, 4) is 0 Å². The van der Waals surface area contributed by atoms with E-state index in [1.807, 2.05) is 18.5 Å². The van der Waals surface area contributed by atoms with Gasteiger partial charge in [0.1, 0.15) is 0 Å². The van der Waals surface area contributed by atoms with Gasteiger partial charge < -0.3 is 20.1 Å². The Morgan fingerprint density at radius 2 is 1.91 bits per heavy atom. The molecule has 1 heterocycles. The van der Waals surface area contributed by atoms with E-state index >= 15 is 0 Å². The van der Waals surface area contributed by atoms with Gasteiger partial charge in [0.2, 0.25) is 0 Å². The van der Waals surface area contributed by atoms with Crippen LogP contribution in [0.2, 0.25) is 0 Å². The Morgan fingerprint density at radius 1 is 1.18 bits per heavy atom. The lowest BCUT2D eigenvalue weighted by molar-refractivity contribution is 0.182. The van der Waals surface area contributed by atoms with Gasteiger partial charge in [0.15, 0.2) is 5.96 Å². The number of methoxy groups -OCH3 is 2. The number of guanidine groups is 1. The maximum atomic E-state index is 5.11. The Hall–Kier alpha value is -1.60. The summed E-state index contributed by atoms with van der Waals surface area (Å²) in [5.74, 6) is 0.794. The van der Waals surface area contributed by atoms with Crippen LogP contribution < -0.4 is 10.6 Å². The topological polar surface area (TPSA) is 72.7 Å². The third-order valence-electron chi connectivity index (χ3n) is 3.38. The SMILES string of the molecule is CCNC(=NCc1c(C)nn(CCOC)c1C)NCCOC. The van der Waals surface area contributed by atoms with E-state index in [1.54, 1.807) is 14.2 Å². The summed E-state index contributed by atoms with van der Waals surface area (Å²) in [6.45, 7) is 10.4. The first-order valence-electron chi connectivity index (χ1n) is 7.66. The van der Waals surface area contributed by atoms with Gasteiger partial charge in [-0.2, -0.15) is 5.10 Å². The number of hydrogen-bond acceptors (Lipinski definition) is 4. The highest BCUT2D eigenvalue weighted by atomic mass is 16.5. The second-order valence-corrected chi connectivity index (χ2v) is 4.98. The van der Waals surface area contributed by atoms with Crippen molar-refractivity contribution in [3.05, 3.63) is 17.0 Å². The van der Waals surface area contributed by atoms with Gasteiger partial charge in [0.25, 0.3) is 0 Å². The molecule has 0 aliphatic carbocycles.